The second-order valence-corrected chi connectivity index (χ2v) is 6.37. The van der Waals surface area contributed by atoms with E-state index in [2.05, 4.69) is 28.9 Å². The van der Waals surface area contributed by atoms with Gasteiger partial charge in [-0.3, -0.25) is 0 Å². The third-order valence-electron chi connectivity index (χ3n) is 4.75. The Kier molecular flexibility index (Phi) is 2.74. The largest absolute Gasteiger partial charge is 0.375 e. The van der Waals surface area contributed by atoms with Gasteiger partial charge in [-0.05, 0) is 37.3 Å². The molecule has 0 radical (unpaired) electrons. The summed E-state index contributed by atoms with van der Waals surface area (Å²) in [6.45, 7) is 5.30. The molecule has 1 spiro atoms. The molecule has 4 rings (SSSR count). The highest BCUT2D eigenvalue weighted by molar-refractivity contribution is 5.77. The first-order valence-corrected chi connectivity index (χ1v) is 7.58. The van der Waals surface area contributed by atoms with Crippen molar-refractivity contribution in [3.63, 3.8) is 0 Å². The second kappa shape index (κ2) is 4.48. The van der Waals surface area contributed by atoms with Crippen LogP contribution in [-0.2, 0) is 4.74 Å². The van der Waals surface area contributed by atoms with Gasteiger partial charge in [0.15, 0.2) is 0 Å². The number of fused-ring (bicyclic) bond motifs is 1. The summed E-state index contributed by atoms with van der Waals surface area (Å²) in [5, 5.41) is 0. The third kappa shape index (κ3) is 1.99. The van der Waals surface area contributed by atoms with E-state index < -0.39 is 0 Å². The molecule has 0 amide bonds. The zero-order chi connectivity index (χ0) is 13.6. The predicted octanol–water partition coefficient (Wildman–Crippen LogP) is 2.96. The smallest absolute Gasteiger partial charge is 0.203 e. The van der Waals surface area contributed by atoms with E-state index in [9.17, 15) is 0 Å². The monoisotopic (exact) mass is 271 g/mol. The minimum absolute atomic E-state index is 0.155. The lowest BCUT2D eigenvalue weighted by atomic mass is 9.86. The molecule has 106 valence electrons. The third-order valence-corrected chi connectivity index (χ3v) is 4.75. The number of benzene rings is 1. The van der Waals surface area contributed by atoms with Crippen molar-refractivity contribution in [1.82, 2.24) is 9.97 Å². The molecule has 1 atom stereocenters. The highest BCUT2D eigenvalue weighted by Gasteiger charge is 2.41. The number of H-pyrrole nitrogens is 1. The topological polar surface area (TPSA) is 41.1 Å². The molecular formula is C16H21N3O. The first-order chi connectivity index (χ1) is 9.74. The number of imidazole rings is 1. The standard InChI is InChI=1S/C16H21N3O/c1-12-10-16(20-11-12)6-8-19(9-7-16)15-17-13-4-2-3-5-14(13)18-15/h2-5,12H,6-11H2,1H3,(H,17,18). The van der Waals surface area contributed by atoms with Gasteiger partial charge in [0.25, 0.3) is 0 Å². The summed E-state index contributed by atoms with van der Waals surface area (Å²) < 4.78 is 6.08. The van der Waals surface area contributed by atoms with E-state index in [1.807, 2.05) is 12.1 Å². The molecule has 20 heavy (non-hydrogen) atoms. The minimum Gasteiger partial charge on any atom is -0.375 e. The first kappa shape index (κ1) is 12.2. The van der Waals surface area contributed by atoms with Crippen LogP contribution in [0.3, 0.4) is 0 Å². The zero-order valence-electron chi connectivity index (χ0n) is 11.9. The van der Waals surface area contributed by atoms with Crippen LogP contribution in [0.2, 0.25) is 0 Å². The highest BCUT2D eigenvalue weighted by Crippen LogP contribution is 2.39. The van der Waals surface area contributed by atoms with Crippen molar-refractivity contribution in [2.75, 3.05) is 24.6 Å². The Bertz CT molecular complexity index is 580. The summed E-state index contributed by atoms with van der Waals surface area (Å²) in [6, 6.07) is 8.22. The molecule has 4 nitrogen and oxygen atoms in total. The minimum atomic E-state index is 0.155. The number of para-hydroxylation sites is 2. The number of piperidine rings is 1. The van der Waals surface area contributed by atoms with E-state index in [1.54, 1.807) is 0 Å². The molecule has 1 aromatic heterocycles. The van der Waals surface area contributed by atoms with Crippen molar-refractivity contribution in [1.29, 1.82) is 0 Å². The summed E-state index contributed by atoms with van der Waals surface area (Å²) >= 11 is 0. The van der Waals surface area contributed by atoms with E-state index in [0.717, 1.165) is 49.5 Å². The van der Waals surface area contributed by atoms with Gasteiger partial charge in [0.2, 0.25) is 5.95 Å². The lowest BCUT2D eigenvalue weighted by Crippen LogP contribution is -2.44. The van der Waals surface area contributed by atoms with Gasteiger partial charge in [-0.15, -0.1) is 0 Å². The molecule has 1 unspecified atom stereocenters. The molecule has 1 aromatic carbocycles. The number of nitrogens with zero attached hydrogens (tertiary/aromatic N) is 2. The number of hydrogen-bond acceptors (Lipinski definition) is 3. The fourth-order valence-corrected chi connectivity index (χ4v) is 3.64. The molecule has 2 fully saturated rings. The summed E-state index contributed by atoms with van der Waals surface area (Å²) in [4.78, 5) is 10.5. The summed E-state index contributed by atoms with van der Waals surface area (Å²) in [5.41, 5.74) is 2.32. The molecule has 0 aliphatic carbocycles. The van der Waals surface area contributed by atoms with E-state index in [-0.39, 0.29) is 5.60 Å². The zero-order valence-corrected chi connectivity index (χ0v) is 11.9. The van der Waals surface area contributed by atoms with Gasteiger partial charge >= 0.3 is 0 Å². The average Bonchev–Trinajstić information content (AvgIpc) is 3.04. The van der Waals surface area contributed by atoms with E-state index in [4.69, 9.17) is 9.72 Å². The van der Waals surface area contributed by atoms with Crippen molar-refractivity contribution >= 4 is 17.0 Å². The molecule has 0 saturated carbocycles. The summed E-state index contributed by atoms with van der Waals surface area (Å²) in [6.07, 6.45) is 3.46. The Hall–Kier alpha value is -1.55. The van der Waals surface area contributed by atoms with E-state index in [0.29, 0.717) is 5.92 Å². The van der Waals surface area contributed by atoms with Gasteiger partial charge in [0.05, 0.1) is 16.6 Å². The van der Waals surface area contributed by atoms with Crippen LogP contribution in [0.1, 0.15) is 26.2 Å². The van der Waals surface area contributed by atoms with Crippen LogP contribution < -0.4 is 4.90 Å². The van der Waals surface area contributed by atoms with Crippen molar-refractivity contribution in [2.24, 2.45) is 5.92 Å². The van der Waals surface area contributed by atoms with Crippen LogP contribution in [0.15, 0.2) is 24.3 Å². The van der Waals surface area contributed by atoms with Gasteiger partial charge in [0, 0.05) is 19.7 Å². The van der Waals surface area contributed by atoms with E-state index in [1.165, 1.54) is 6.42 Å². The molecule has 2 aliphatic heterocycles. The van der Waals surface area contributed by atoms with Gasteiger partial charge < -0.3 is 14.6 Å². The number of anilines is 1. The number of nitrogens with one attached hydrogen (secondary N) is 1. The molecule has 2 aromatic rings. The fraction of sp³-hybridized carbons (Fsp3) is 0.562. The lowest BCUT2D eigenvalue weighted by molar-refractivity contribution is -0.0153. The highest BCUT2D eigenvalue weighted by atomic mass is 16.5. The van der Waals surface area contributed by atoms with Crippen LogP contribution in [0.5, 0.6) is 0 Å². The normalized spacial score (nSPS) is 25.6. The molecule has 2 saturated heterocycles. The van der Waals surface area contributed by atoms with Crippen LogP contribution >= 0.6 is 0 Å². The van der Waals surface area contributed by atoms with Crippen LogP contribution in [0.4, 0.5) is 5.95 Å². The second-order valence-electron chi connectivity index (χ2n) is 6.37. The molecule has 4 heteroatoms. The quantitative estimate of drug-likeness (QED) is 0.867. The maximum absolute atomic E-state index is 6.08. The van der Waals surface area contributed by atoms with Gasteiger partial charge in [-0.2, -0.15) is 0 Å². The van der Waals surface area contributed by atoms with Crippen molar-refractivity contribution in [3.05, 3.63) is 24.3 Å². The van der Waals surface area contributed by atoms with Crippen LogP contribution in [0.25, 0.3) is 11.0 Å². The molecule has 1 N–H and O–H groups in total. The van der Waals surface area contributed by atoms with Crippen LogP contribution in [0, 0.1) is 5.92 Å². The van der Waals surface area contributed by atoms with Crippen molar-refractivity contribution in [3.8, 4) is 0 Å². The Balaban J connectivity index is 1.51. The maximum atomic E-state index is 6.08. The molecule has 0 bridgehead atoms. The van der Waals surface area contributed by atoms with Gasteiger partial charge in [0.1, 0.15) is 0 Å². The van der Waals surface area contributed by atoms with Crippen LogP contribution in [-0.4, -0.2) is 35.3 Å². The van der Waals surface area contributed by atoms with E-state index >= 15 is 0 Å². The number of rotatable bonds is 1. The SMILES string of the molecule is CC1COC2(CCN(c3nc4ccccc4[nH]3)CC2)C1. The van der Waals surface area contributed by atoms with Crippen molar-refractivity contribution < 1.29 is 4.74 Å². The number of aromatic amines is 1. The Morgan fingerprint density at radius 2 is 2.10 bits per heavy atom. The summed E-state index contributed by atoms with van der Waals surface area (Å²) in [7, 11) is 0. The molecular weight excluding hydrogens is 250 g/mol. The summed E-state index contributed by atoms with van der Waals surface area (Å²) in [5.74, 6) is 1.72. The Morgan fingerprint density at radius 3 is 2.80 bits per heavy atom. The Morgan fingerprint density at radius 1 is 1.30 bits per heavy atom. The number of hydrogen-bond donors (Lipinski definition) is 1. The number of ether oxygens (including phenoxy) is 1. The van der Waals surface area contributed by atoms with Gasteiger partial charge in [-0.1, -0.05) is 19.1 Å². The lowest BCUT2D eigenvalue weighted by Gasteiger charge is -2.38. The maximum Gasteiger partial charge on any atom is 0.203 e. The molecule has 2 aliphatic rings. The fourth-order valence-electron chi connectivity index (χ4n) is 3.64. The first-order valence-electron chi connectivity index (χ1n) is 7.58. The average molecular weight is 271 g/mol. The molecule has 3 heterocycles. The predicted molar refractivity (Wildman–Crippen MR) is 80.0 cm³/mol. The number of aromatic nitrogens is 2. The van der Waals surface area contributed by atoms with Crippen molar-refractivity contribution in [2.45, 2.75) is 31.8 Å². The Labute approximate surface area is 119 Å². The van der Waals surface area contributed by atoms with Gasteiger partial charge in [-0.25, -0.2) is 4.98 Å².